The maximum atomic E-state index is 13.1. The van der Waals surface area contributed by atoms with E-state index in [4.69, 9.17) is 0 Å². The van der Waals surface area contributed by atoms with Crippen LogP contribution in [0.25, 0.3) is 5.69 Å². The zero-order chi connectivity index (χ0) is 21.3. The van der Waals surface area contributed by atoms with E-state index in [9.17, 15) is 14.4 Å². The third kappa shape index (κ3) is 3.40. The number of carbonyl (C=O) groups excluding carboxylic acids is 2. The lowest BCUT2D eigenvalue weighted by Gasteiger charge is -2.08. The molecule has 30 heavy (non-hydrogen) atoms. The first-order chi connectivity index (χ1) is 14.5. The molecular weight excluding hydrogens is 398 g/mol. The Hall–Kier alpha value is -3.71. The SMILES string of the molecule is Cc1c(NC(=O)c2ccccc2C(=O)c2cccs2)c(=O)n(-c2ccccc2)n1C. The van der Waals surface area contributed by atoms with Crippen molar-refractivity contribution in [3.63, 3.8) is 0 Å². The first-order valence-corrected chi connectivity index (χ1v) is 10.2. The Kier molecular flexibility index (Phi) is 5.20. The second-order valence-corrected chi connectivity index (χ2v) is 7.69. The van der Waals surface area contributed by atoms with Gasteiger partial charge in [-0.25, -0.2) is 4.68 Å². The monoisotopic (exact) mass is 417 g/mol. The molecule has 2 aromatic heterocycles. The normalized spacial score (nSPS) is 10.7. The fourth-order valence-electron chi connectivity index (χ4n) is 3.31. The summed E-state index contributed by atoms with van der Waals surface area (Å²) in [5.74, 6) is -0.719. The molecule has 1 N–H and O–H groups in total. The van der Waals surface area contributed by atoms with Gasteiger partial charge in [-0.15, -0.1) is 11.3 Å². The van der Waals surface area contributed by atoms with Crippen molar-refractivity contribution < 1.29 is 9.59 Å². The van der Waals surface area contributed by atoms with Crippen LogP contribution in [0.2, 0.25) is 0 Å². The Labute approximate surface area is 177 Å². The van der Waals surface area contributed by atoms with Gasteiger partial charge in [-0.05, 0) is 36.6 Å². The Morgan fingerprint density at radius 1 is 0.900 bits per heavy atom. The highest BCUT2D eigenvalue weighted by molar-refractivity contribution is 7.12. The summed E-state index contributed by atoms with van der Waals surface area (Å²) in [5, 5.41) is 4.54. The first kappa shape index (κ1) is 19.6. The summed E-state index contributed by atoms with van der Waals surface area (Å²) in [6.45, 7) is 1.76. The topological polar surface area (TPSA) is 73.1 Å². The molecule has 2 heterocycles. The number of hydrogen-bond donors (Lipinski definition) is 1. The van der Waals surface area contributed by atoms with E-state index < -0.39 is 5.91 Å². The van der Waals surface area contributed by atoms with Gasteiger partial charge >= 0.3 is 0 Å². The quantitative estimate of drug-likeness (QED) is 0.498. The van der Waals surface area contributed by atoms with E-state index in [0.717, 1.165) is 0 Å². The van der Waals surface area contributed by atoms with Crippen molar-refractivity contribution in [1.29, 1.82) is 0 Å². The van der Waals surface area contributed by atoms with E-state index in [0.29, 0.717) is 21.8 Å². The smallest absolute Gasteiger partial charge is 0.295 e. The maximum absolute atomic E-state index is 13.1. The minimum absolute atomic E-state index is 0.185. The Balaban J connectivity index is 1.71. The molecule has 0 radical (unpaired) electrons. The van der Waals surface area contributed by atoms with Gasteiger partial charge in [0.25, 0.3) is 11.5 Å². The summed E-state index contributed by atoms with van der Waals surface area (Å²) in [4.78, 5) is 39.5. The summed E-state index contributed by atoms with van der Waals surface area (Å²) < 4.78 is 3.18. The summed E-state index contributed by atoms with van der Waals surface area (Å²) in [6.07, 6.45) is 0. The van der Waals surface area contributed by atoms with E-state index in [1.165, 1.54) is 16.0 Å². The number of nitrogens with one attached hydrogen (secondary N) is 1. The summed E-state index contributed by atoms with van der Waals surface area (Å²) in [7, 11) is 1.76. The summed E-state index contributed by atoms with van der Waals surface area (Å²) >= 11 is 1.32. The van der Waals surface area contributed by atoms with Crippen LogP contribution in [0.15, 0.2) is 76.9 Å². The van der Waals surface area contributed by atoms with Crippen LogP contribution in [0, 0.1) is 6.92 Å². The highest BCUT2D eigenvalue weighted by Crippen LogP contribution is 2.20. The van der Waals surface area contributed by atoms with Gasteiger partial charge in [0.15, 0.2) is 0 Å². The van der Waals surface area contributed by atoms with Gasteiger partial charge in [-0.1, -0.05) is 42.5 Å². The van der Waals surface area contributed by atoms with Crippen molar-refractivity contribution in [2.75, 3.05) is 5.32 Å². The number of thiophene rings is 1. The minimum atomic E-state index is -0.499. The molecule has 0 saturated carbocycles. The van der Waals surface area contributed by atoms with E-state index in [1.807, 2.05) is 35.7 Å². The van der Waals surface area contributed by atoms with Gasteiger partial charge in [0.2, 0.25) is 5.78 Å². The van der Waals surface area contributed by atoms with Crippen LogP contribution in [0.3, 0.4) is 0 Å². The lowest BCUT2D eigenvalue weighted by molar-refractivity contribution is 0.0997. The Bertz CT molecular complexity index is 1290. The lowest BCUT2D eigenvalue weighted by atomic mass is 10.0. The van der Waals surface area contributed by atoms with E-state index in [1.54, 1.807) is 55.1 Å². The molecule has 1 amide bonds. The van der Waals surface area contributed by atoms with E-state index in [-0.39, 0.29) is 22.6 Å². The predicted octanol–water partition coefficient (Wildman–Crippen LogP) is 4.03. The number of amides is 1. The molecule has 0 aliphatic rings. The number of hydrogen-bond acceptors (Lipinski definition) is 4. The number of anilines is 1. The average molecular weight is 417 g/mol. The van der Waals surface area contributed by atoms with Crippen LogP contribution in [0.5, 0.6) is 0 Å². The zero-order valence-electron chi connectivity index (χ0n) is 16.5. The van der Waals surface area contributed by atoms with Crippen molar-refractivity contribution in [3.8, 4) is 5.69 Å². The van der Waals surface area contributed by atoms with Gasteiger partial charge in [0.1, 0.15) is 5.69 Å². The van der Waals surface area contributed by atoms with Crippen LogP contribution >= 0.6 is 11.3 Å². The molecule has 0 aliphatic heterocycles. The third-order valence-corrected chi connectivity index (χ3v) is 5.82. The van der Waals surface area contributed by atoms with Crippen LogP contribution in [-0.4, -0.2) is 21.1 Å². The van der Waals surface area contributed by atoms with Gasteiger partial charge in [0.05, 0.1) is 21.8 Å². The number of benzene rings is 2. The number of rotatable bonds is 5. The number of aromatic nitrogens is 2. The molecule has 4 rings (SSSR count). The number of nitrogens with zero attached hydrogens (tertiary/aromatic N) is 2. The predicted molar refractivity (Wildman–Crippen MR) is 118 cm³/mol. The van der Waals surface area contributed by atoms with Gasteiger partial charge in [-0.2, -0.15) is 0 Å². The van der Waals surface area contributed by atoms with E-state index in [2.05, 4.69) is 5.32 Å². The molecule has 7 heteroatoms. The van der Waals surface area contributed by atoms with Crippen molar-refractivity contribution in [2.45, 2.75) is 6.92 Å². The maximum Gasteiger partial charge on any atom is 0.295 e. The fraction of sp³-hybridized carbons (Fsp3) is 0.0870. The Morgan fingerprint density at radius 2 is 1.57 bits per heavy atom. The van der Waals surface area contributed by atoms with E-state index >= 15 is 0 Å². The van der Waals surface area contributed by atoms with Gasteiger partial charge in [-0.3, -0.25) is 19.1 Å². The average Bonchev–Trinajstić information content (AvgIpc) is 3.38. The molecule has 4 aromatic rings. The molecular formula is C23H19N3O3S. The molecule has 6 nitrogen and oxygen atoms in total. The van der Waals surface area contributed by atoms with Crippen molar-refractivity contribution in [3.05, 3.63) is 104 Å². The van der Waals surface area contributed by atoms with Crippen LogP contribution in [0.1, 0.15) is 31.3 Å². The van der Waals surface area contributed by atoms with Crippen LogP contribution < -0.4 is 10.9 Å². The molecule has 0 aliphatic carbocycles. The van der Waals surface area contributed by atoms with Crippen molar-refractivity contribution in [1.82, 2.24) is 9.36 Å². The number of carbonyl (C=O) groups is 2. The third-order valence-electron chi connectivity index (χ3n) is 4.95. The van der Waals surface area contributed by atoms with Gasteiger partial charge < -0.3 is 5.32 Å². The zero-order valence-corrected chi connectivity index (χ0v) is 17.3. The Morgan fingerprint density at radius 3 is 2.23 bits per heavy atom. The molecule has 150 valence electrons. The summed E-state index contributed by atoms with van der Waals surface area (Å²) in [6, 6.07) is 19.3. The molecule has 0 atom stereocenters. The first-order valence-electron chi connectivity index (χ1n) is 9.31. The number of para-hydroxylation sites is 1. The number of ketones is 1. The van der Waals surface area contributed by atoms with Crippen molar-refractivity contribution in [2.24, 2.45) is 7.05 Å². The summed E-state index contributed by atoms with van der Waals surface area (Å²) in [5.41, 5.74) is 1.68. The standard InChI is InChI=1S/C23H19N3O3S/c1-15-20(23(29)26(25(15)2)16-9-4-3-5-10-16)24-22(28)18-12-7-6-11-17(18)21(27)19-13-8-14-30-19/h3-14H,1-2H3,(H,24,28). The molecule has 2 aromatic carbocycles. The van der Waals surface area contributed by atoms with Crippen molar-refractivity contribution >= 4 is 28.7 Å². The highest BCUT2D eigenvalue weighted by Gasteiger charge is 2.22. The largest absolute Gasteiger partial charge is 0.316 e. The fourth-order valence-corrected chi connectivity index (χ4v) is 3.99. The molecule has 0 unspecified atom stereocenters. The molecule has 0 spiro atoms. The highest BCUT2D eigenvalue weighted by atomic mass is 32.1. The second-order valence-electron chi connectivity index (χ2n) is 6.74. The molecule has 0 fully saturated rings. The molecule has 0 saturated heterocycles. The van der Waals surface area contributed by atoms with Crippen LogP contribution in [0.4, 0.5) is 5.69 Å². The molecule has 0 bridgehead atoms. The van der Waals surface area contributed by atoms with Crippen LogP contribution in [-0.2, 0) is 7.05 Å². The second kappa shape index (κ2) is 7.96. The van der Waals surface area contributed by atoms with Gasteiger partial charge in [0, 0.05) is 12.6 Å². The lowest BCUT2D eigenvalue weighted by Crippen LogP contribution is -2.23. The minimum Gasteiger partial charge on any atom is -0.316 e.